The van der Waals surface area contributed by atoms with Gasteiger partial charge in [-0.1, -0.05) is 36.9 Å². The van der Waals surface area contributed by atoms with Crippen molar-refractivity contribution in [3.05, 3.63) is 97.2 Å². The average molecular weight is 410 g/mol. The van der Waals surface area contributed by atoms with Crippen molar-refractivity contribution in [2.75, 3.05) is 10.6 Å². The SMILES string of the molecule is C=C1Nc2nc(-c3ccccc3)nn2C(c2ccc[nH+]c2)C1C(=O)Nc1cccnc1. The van der Waals surface area contributed by atoms with Gasteiger partial charge in [-0.15, -0.1) is 5.10 Å². The minimum absolute atomic E-state index is 0.207. The highest BCUT2D eigenvalue weighted by Crippen LogP contribution is 2.38. The van der Waals surface area contributed by atoms with Gasteiger partial charge in [-0.3, -0.25) is 9.78 Å². The number of fused-ring (bicyclic) bond motifs is 1. The van der Waals surface area contributed by atoms with Crippen molar-refractivity contribution in [2.24, 2.45) is 5.92 Å². The zero-order chi connectivity index (χ0) is 21.2. The molecule has 8 heteroatoms. The van der Waals surface area contributed by atoms with Crippen molar-refractivity contribution in [3.8, 4) is 11.4 Å². The maximum atomic E-state index is 13.3. The number of aromatic amines is 1. The number of carbonyl (C=O) groups excluding carboxylic acids is 1. The molecular weight excluding hydrogens is 390 g/mol. The van der Waals surface area contributed by atoms with E-state index in [4.69, 9.17) is 5.10 Å². The summed E-state index contributed by atoms with van der Waals surface area (Å²) in [4.78, 5) is 25.2. The van der Waals surface area contributed by atoms with Gasteiger partial charge in [0, 0.05) is 29.1 Å². The Morgan fingerprint density at radius 3 is 2.74 bits per heavy atom. The van der Waals surface area contributed by atoms with Crippen LogP contribution >= 0.6 is 0 Å². The Balaban J connectivity index is 1.58. The molecule has 0 aliphatic carbocycles. The number of nitrogens with zero attached hydrogens (tertiary/aromatic N) is 4. The average Bonchev–Trinajstić information content (AvgIpc) is 3.23. The second kappa shape index (κ2) is 7.83. The maximum absolute atomic E-state index is 13.3. The molecule has 31 heavy (non-hydrogen) atoms. The van der Waals surface area contributed by atoms with Gasteiger partial charge in [0.25, 0.3) is 0 Å². The van der Waals surface area contributed by atoms with Crippen LogP contribution in [0.15, 0.2) is 91.7 Å². The first-order valence-corrected chi connectivity index (χ1v) is 9.85. The Morgan fingerprint density at radius 1 is 1.13 bits per heavy atom. The number of rotatable bonds is 4. The fraction of sp³-hybridized carbons (Fsp3) is 0.0870. The molecule has 0 radical (unpaired) electrons. The van der Waals surface area contributed by atoms with Crippen LogP contribution in [0.3, 0.4) is 0 Å². The molecule has 2 atom stereocenters. The van der Waals surface area contributed by atoms with Gasteiger partial charge in [-0.05, 0) is 18.2 Å². The van der Waals surface area contributed by atoms with E-state index >= 15 is 0 Å². The highest BCUT2D eigenvalue weighted by atomic mass is 16.2. The number of H-pyrrole nitrogens is 1. The molecule has 0 fully saturated rings. The van der Waals surface area contributed by atoms with E-state index in [1.165, 1.54) is 0 Å². The highest BCUT2D eigenvalue weighted by Gasteiger charge is 2.41. The number of amides is 1. The number of anilines is 2. The molecule has 1 aromatic carbocycles. The van der Waals surface area contributed by atoms with Gasteiger partial charge >= 0.3 is 0 Å². The second-order valence-electron chi connectivity index (χ2n) is 7.21. The standard InChI is InChI=1S/C23H19N7O/c1-15-19(22(31)27-18-10-6-12-25-14-18)20(17-9-5-11-24-13-17)30-23(26-15)28-21(29-30)16-7-3-2-4-8-16/h2-14,19-20H,1H2,(H,27,31)(H,26,28,29)/p+1. The highest BCUT2D eigenvalue weighted by molar-refractivity contribution is 5.95. The lowest BCUT2D eigenvalue weighted by molar-refractivity contribution is -0.379. The van der Waals surface area contributed by atoms with Crippen LogP contribution in [0.2, 0.25) is 0 Å². The Kier molecular flexibility index (Phi) is 4.72. The number of aromatic nitrogens is 5. The Bertz CT molecular complexity index is 1220. The van der Waals surface area contributed by atoms with E-state index in [1.807, 2.05) is 54.9 Å². The minimum atomic E-state index is -0.617. The van der Waals surface area contributed by atoms with Crippen LogP contribution in [0, 0.1) is 5.92 Å². The topological polar surface area (TPSA) is 98.9 Å². The quantitative estimate of drug-likeness (QED) is 0.539. The normalized spacial score (nSPS) is 17.5. The van der Waals surface area contributed by atoms with E-state index in [0.717, 1.165) is 11.1 Å². The molecule has 0 saturated carbocycles. The predicted octanol–water partition coefficient (Wildman–Crippen LogP) is 2.94. The first-order chi connectivity index (χ1) is 15.2. The summed E-state index contributed by atoms with van der Waals surface area (Å²) in [5, 5.41) is 10.9. The lowest BCUT2D eigenvalue weighted by atomic mass is 9.89. The van der Waals surface area contributed by atoms with E-state index in [1.54, 1.807) is 29.2 Å². The lowest BCUT2D eigenvalue weighted by Gasteiger charge is -2.32. The summed E-state index contributed by atoms with van der Waals surface area (Å²) in [5.41, 5.74) is 2.96. The molecule has 1 aliphatic rings. The van der Waals surface area contributed by atoms with E-state index in [0.29, 0.717) is 23.2 Å². The van der Waals surface area contributed by atoms with Crippen LogP contribution in [0.25, 0.3) is 11.4 Å². The summed E-state index contributed by atoms with van der Waals surface area (Å²) in [6.45, 7) is 4.14. The van der Waals surface area contributed by atoms with Gasteiger partial charge in [-0.25, -0.2) is 9.67 Å². The number of pyridine rings is 2. The van der Waals surface area contributed by atoms with Crippen LogP contribution in [0.1, 0.15) is 11.6 Å². The summed E-state index contributed by atoms with van der Waals surface area (Å²) >= 11 is 0. The molecule has 3 N–H and O–H groups in total. The largest absolute Gasteiger partial charge is 0.328 e. The second-order valence-corrected chi connectivity index (χ2v) is 7.21. The van der Waals surface area contributed by atoms with Crippen molar-refractivity contribution in [1.29, 1.82) is 0 Å². The fourth-order valence-electron chi connectivity index (χ4n) is 3.75. The molecule has 4 heterocycles. The number of hydrogen-bond acceptors (Lipinski definition) is 5. The van der Waals surface area contributed by atoms with E-state index in [2.05, 4.69) is 32.2 Å². The van der Waals surface area contributed by atoms with Gasteiger partial charge < -0.3 is 10.6 Å². The maximum Gasteiger partial charge on any atom is 0.236 e. The molecule has 5 rings (SSSR count). The van der Waals surface area contributed by atoms with Crippen LogP contribution < -0.4 is 15.6 Å². The number of carbonyl (C=O) groups is 1. The van der Waals surface area contributed by atoms with Gasteiger partial charge in [0.2, 0.25) is 11.9 Å². The molecule has 1 aliphatic heterocycles. The van der Waals surface area contributed by atoms with Crippen LogP contribution in [0.5, 0.6) is 0 Å². The summed E-state index contributed by atoms with van der Waals surface area (Å²) in [6, 6.07) is 16.7. The fourth-order valence-corrected chi connectivity index (χ4v) is 3.75. The molecule has 0 spiro atoms. The van der Waals surface area contributed by atoms with Crippen molar-refractivity contribution < 1.29 is 9.78 Å². The third kappa shape index (κ3) is 3.55. The smallest absolute Gasteiger partial charge is 0.236 e. The molecule has 152 valence electrons. The molecule has 8 nitrogen and oxygen atoms in total. The van der Waals surface area contributed by atoms with Gasteiger partial charge in [-0.2, -0.15) is 4.98 Å². The molecule has 0 saturated heterocycles. The third-order valence-corrected chi connectivity index (χ3v) is 5.17. The van der Waals surface area contributed by atoms with E-state index < -0.39 is 12.0 Å². The van der Waals surface area contributed by atoms with Crippen molar-refractivity contribution in [1.82, 2.24) is 19.7 Å². The lowest BCUT2D eigenvalue weighted by Crippen LogP contribution is -2.39. The van der Waals surface area contributed by atoms with E-state index in [9.17, 15) is 4.79 Å². The van der Waals surface area contributed by atoms with Crippen molar-refractivity contribution in [3.63, 3.8) is 0 Å². The third-order valence-electron chi connectivity index (χ3n) is 5.17. The summed E-state index contributed by atoms with van der Waals surface area (Å²) in [7, 11) is 0. The predicted molar refractivity (Wildman–Crippen MR) is 116 cm³/mol. The van der Waals surface area contributed by atoms with Crippen LogP contribution in [-0.4, -0.2) is 25.7 Å². The summed E-state index contributed by atoms with van der Waals surface area (Å²) in [5.74, 6) is 0.299. The van der Waals surface area contributed by atoms with Crippen LogP contribution in [-0.2, 0) is 4.79 Å². The Labute approximate surface area is 178 Å². The van der Waals surface area contributed by atoms with Crippen molar-refractivity contribution >= 4 is 17.5 Å². The summed E-state index contributed by atoms with van der Waals surface area (Å²) in [6.07, 6.45) is 6.95. The molecule has 0 bridgehead atoms. The number of benzene rings is 1. The summed E-state index contributed by atoms with van der Waals surface area (Å²) < 4.78 is 1.76. The van der Waals surface area contributed by atoms with Gasteiger partial charge in [0.1, 0.15) is 12.0 Å². The van der Waals surface area contributed by atoms with Crippen molar-refractivity contribution in [2.45, 2.75) is 6.04 Å². The molecule has 2 unspecified atom stereocenters. The number of hydrogen-bond donors (Lipinski definition) is 2. The van der Waals surface area contributed by atoms with Gasteiger partial charge in [0.05, 0.1) is 11.9 Å². The van der Waals surface area contributed by atoms with E-state index in [-0.39, 0.29) is 5.91 Å². The Hall–Kier alpha value is -4.33. The van der Waals surface area contributed by atoms with Gasteiger partial charge in [0.15, 0.2) is 18.2 Å². The molecule has 1 amide bonds. The molecule has 3 aromatic heterocycles. The number of nitrogens with one attached hydrogen (secondary N) is 3. The molecular formula is C23H20N7O+. The monoisotopic (exact) mass is 410 g/mol. The Morgan fingerprint density at radius 2 is 2.00 bits per heavy atom. The zero-order valence-corrected chi connectivity index (χ0v) is 16.6. The first-order valence-electron chi connectivity index (χ1n) is 9.85. The first kappa shape index (κ1) is 18.7. The van der Waals surface area contributed by atoms with Crippen LogP contribution in [0.4, 0.5) is 11.6 Å². The zero-order valence-electron chi connectivity index (χ0n) is 16.6. The minimum Gasteiger partial charge on any atom is -0.328 e. The molecule has 4 aromatic rings.